The van der Waals surface area contributed by atoms with Crippen molar-refractivity contribution in [2.75, 3.05) is 5.73 Å². The van der Waals surface area contributed by atoms with E-state index >= 15 is 0 Å². The molecule has 4 nitrogen and oxygen atoms in total. The number of nitrogens with one attached hydrogen (secondary N) is 1. The van der Waals surface area contributed by atoms with E-state index in [1.807, 2.05) is 0 Å². The summed E-state index contributed by atoms with van der Waals surface area (Å²) >= 11 is 6.10. The average Bonchev–Trinajstić information content (AvgIpc) is 2.83. The van der Waals surface area contributed by atoms with Crippen molar-refractivity contribution in [3.05, 3.63) is 75.8 Å². The summed E-state index contributed by atoms with van der Waals surface area (Å²) in [6, 6.07) is 8.86. The van der Waals surface area contributed by atoms with Gasteiger partial charge in [-0.15, -0.1) is 0 Å². The molecule has 4 N–H and O–H groups in total. The minimum Gasteiger partial charge on any atom is -0.398 e. The van der Waals surface area contributed by atoms with Crippen LogP contribution in [0.3, 0.4) is 0 Å². The summed E-state index contributed by atoms with van der Waals surface area (Å²) in [6.07, 6.45) is 0. The molecule has 1 aliphatic heterocycles. The number of nitrogens with two attached hydrogens (primary N) is 1. The first-order valence-electron chi connectivity index (χ1n) is 7.34. The van der Waals surface area contributed by atoms with E-state index in [9.17, 15) is 18.7 Å². The van der Waals surface area contributed by atoms with Gasteiger partial charge in [-0.25, -0.2) is 8.78 Å². The first kappa shape index (κ1) is 15.8. The lowest BCUT2D eigenvalue weighted by molar-refractivity contribution is 0.0479. The number of amides is 1. The molecule has 7 heteroatoms. The third-order valence-corrected chi connectivity index (χ3v) is 4.67. The topological polar surface area (TPSA) is 75.3 Å². The molecule has 0 aliphatic carbocycles. The molecule has 0 radical (unpaired) electrons. The Labute approximate surface area is 145 Å². The van der Waals surface area contributed by atoms with Crippen molar-refractivity contribution in [2.45, 2.75) is 5.72 Å². The van der Waals surface area contributed by atoms with Crippen LogP contribution in [0.1, 0.15) is 21.5 Å². The van der Waals surface area contributed by atoms with Gasteiger partial charge >= 0.3 is 0 Å². The number of nitrogen functional groups attached to an aromatic ring is 1. The predicted molar refractivity (Wildman–Crippen MR) is 90.2 cm³/mol. The molecule has 0 bridgehead atoms. The number of benzene rings is 3. The van der Waals surface area contributed by atoms with Crippen LogP contribution in [0.15, 0.2) is 42.5 Å². The van der Waals surface area contributed by atoms with Crippen molar-refractivity contribution in [1.29, 1.82) is 0 Å². The molecule has 1 unspecified atom stereocenters. The van der Waals surface area contributed by atoms with Gasteiger partial charge in [-0.05, 0) is 47.2 Å². The zero-order valence-corrected chi connectivity index (χ0v) is 13.4. The van der Waals surface area contributed by atoms with Gasteiger partial charge in [-0.1, -0.05) is 17.7 Å². The Bertz CT molecular complexity index is 1070. The van der Waals surface area contributed by atoms with E-state index in [0.29, 0.717) is 10.8 Å². The Morgan fingerprint density at radius 2 is 1.76 bits per heavy atom. The zero-order valence-electron chi connectivity index (χ0n) is 12.6. The fourth-order valence-electron chi connectivity index (χ4n) is 3.28. The summed E-state index contributed by atoms with van der Waals surface area (Å²) in [5.74, 6) is -1.83. The van der Waals surface area contributed by atoms with Gasteiger partial charge in [0.1, 0.15) is 11.6 Å². The van der Waals surface area contributed by atoms with Crippen molar-refractivity contribution >= 4 is 34.0 Å². The number of carbonyl (C=O) groups excluding carboxylic acids is 1. The molecule has 3 aromatic carbocycles. The van der Waals surface area contributed by atoms with Crippen LogP contribution < -0.4 is 11.1 Å². The van der Waals surface area contributed by atoms with Crippen molar-refractivity contribution in [3.63, 3.8) is 0 Å². The van der Waals surface area contributed by atoms with Crippen LogP contribution in [0.4, 0.5) is 14.5 Å². The van der Waals surface area contributed by atoms with E-state index < -0.39 is 23.3 Å². The monoisotopic (exact) mass is 360 g/mol. The molecule has 1 aliphatic rings. The van der Waals surface area contributed by atoms with Crippen LogP contribution in [0.2, 0.25) is 5.02 Å². The van der Waals surface area contributed by atoms with Crippen molar-refractivity contribution in [2.24, 2.45) is 0 Å². The highest BCUT2D eigenvalue weighted by molar-refractivity contribution is 6.31. The lowest BCUT2D eigenvalue weighted by atomic mass is 9.90. The Hall–Kier alpha value is -2.70. The van der Waals surface area contributed by atoms with Gasteiger partial charge in [-0.2, -0.15) is 0 Å². The SMILES string of the molecule is Nc1cc2ccc(F)cc2c2c1C(O)(c1cc(F)ccc1Cl)NC2=O. The van der Waals surface area contributed by atoms with E-state index in [4.69, 9.17) is 17.3 Å². The van der Waals surface area contributed by atoms with Crippen LogP contribution in [0, 0.1) is 11.6 Å². The quantitative estimate of drug-likeness (QED) is 0.583. The largest absolute Gasteiger partial charge is 0.398 e. The predicted octanol–water partition coefficient (Wildman–Crippen LogP) is 3.29. The molecule has 0 saturated heterocycles. The molecule has 4 rings (SSSR count). The van der Waals surface area contributed by atoms with E-state index in [1.165, 1.54) is 30.3 Å². The molecule has 1 amide bonds. The summed E-state index contributed by atoms with van der Waals surface area (Å²) in [7, 11) is 0. The number of anilines is 1. The Morgan fingerprint density at radius 1 is 1.08 bits per heavy atom. The maximum atomic E-state index is 13.7. The number of carbonyl (C=O) groups is 1. The Balaban J connectivity index is 2.10. The van der Waals surface area contributed by atoms with Crippen molar-refractivity contribution in [1.82, 2.24) is 5.32 Å². The second-order valence-electron chi connectivity index (χ2n) is 5.87. The Kier molecular flexibility index (Phi) is 3.25. The van der Waals surface area contributed by atoms with Gasteiger partial charge in [0, 0.05) is 21.8 Å². The number of aliphatic hydroxyl groups is 1. The van der Waals surface area contributed by atoms with Crippen LogP contribution in [0.25, 0.3) is 10.8 Å². The third kappa shape index (κ3) is 2.18. The van der Waals surface area contributed by atoms with E-state index in [0.717, 1.165) is 12.1 Å². The van der Waals surface area contributed by atoms with Gasteiger partial charge in [0.2, 0.25) is 0 Å². The average molecular weight is 361 g/mol. The molecule has 0 fully saturated rings. The molecule has 126 valence electrons. The lowest BCUT2D eigenvalue weighted by Crippen LogP contribution is -2.40. The van der Waals surface area contributed by atoms with Crippen LogP contribution in [-0.2, 0) is 5.72 Å². The lowest BCUT2D eigenvalue weighted by Gasteiger charge is -2.26. The number of rotatable bonds is 1. The van der Waals surface area contributed by atoms with E-state index in [2.05, 4.69) is 5.32 Å². The molecule has 1 heterocycles. The number of halogens is 3. The molecule has 25 heavy (non-hydrogen) atoms. The van der Waals surface area contributed by atoms with Gasteiger partial charge < -0.3 is 16.2 Å². The first-order valence-corrected chi connectivity index (χ1v) is 7.71. The van der Waals surface area contributed by atoms with Gasteiger partial charge in [-0.3, -0.25) is 4.79 Å². The second kappa shape index (κ2) is 5.15. The minimum atomic E-state index is -2.11. The standard InChI is InChI=1S/C18H11ClF2N2O2/c19-13-4-3-10(21)7-12(13)18(25)16-14(22)5-8-1-2-9(20)6-11(8)15(16)17(24)23-18/h1-7,25H,22H2,(H,23,24). The summed E-state index contributed by atoms with van der Waals surface area (Å²) < 4.78 is 27.4. The molecular formula is C18H11ClF2N2O2. The molecule has 3 aromatic rings. The fourth-order valence-corrected chi connectivity index (χ4v) is 3.54. The van der Waals surface area contributed by atoms with Gasteiger partial charge in [0.15, 0.2) is 5.72 Å². The normalized spacial score (nSPS) is 19.1. The van der Waals surface area contributed by atoms with Crippen molar-refractivity contribution in [3.8, 4) is 0 Å². The highest BCUT2D eigenvalue weighted by Gasteiger charge is 2.46. The fraction of sp³-hybridized carbons (Fsp3) is 0.0556. The Morgan fingerprint density at radius 3 is 2.52 bits per heavy atom. The molecule has 0 saturated carbocycles. The first-order chi connectivity index (χ1) is 11.8. The molecule has 0 aromatic heterocycles. The summed E-state index contributed by atoms with van der Waals surface area (Å²) in [5.41, 5.74) is 4.07. The number of hydrogen-bond donors (Lipinski definition) is 3. The van der Waals surface area contributed by atoms with Crippen LogP contribution >= 0.6 is 11.6 Å². The van der Waals surface area contributed by atoms with Gasteiger partial charge in [0.25, 0.3) is 5.91 Å². The van der Waals surface area contributed by atoms with Crippen molar-refractivity contribution < 1.29 is 18.7 Å². The van der Waals surface area contributed by atoms with E-state index in [1.54, 1.807) is 0 Å². The number of fused-ring (bicyclic) bond motifs is 3. The second-order valence-corrected chi connectivity index (χ2v) is 6.28. The smallest absolute Gasteiger partial charge is 0.255 e. The summed E-state index contributed by atoms with van der Waals surface area (Å²) in [6.45, 7) is 0. The molecule has 1 atom stereocenters. The summed E-state index contributed by atoms with van der Waals surface area (Å²) in [5, 5.41) is 14.4. The highest BCUT2D eigenvalue weighted by atomic mass is 35.5. The maximum absolute atomic E-state index is 13.7. The number of hydrogen-bond acceptors (Lipinski definition) is 3. The maximum Gasteiger partial charge on any atom is 0.255 e. The van der Waals surface area contributed by atoms with E-state index in [-0.39, 0.29) is 27.4 Å². The highest BCUT2D eigenvalue weighted by Crippen LogP contribution is 2.44. The van der Waals surface area contributed by atoms with Crippen LogP contribution in [0.5, 0.6) is 0 Å². The molecule has 0 spiro atoms. The zero-order chi connectivity index (χ0) is 17.9. The van der Waals surface area contributed by atoms with Crippen LogP contribution in [-0.4, -0.2) is 11.0 Å². The summed E-state index contributed by atoms with van der Waals surface area (Å²) in [4.78, 5) is 12.5. The van der Waals surface area contributed by atoms with Gasteiger partial charge in [0.05, 0.1) is 5.56 Å². The third-order valence-electron chi connectivity index (χ3n) is 4.34. The molecular weight excluding hydrogens is 350 g/mol. The minimum absolute atomic E-state index is 0.0306.